The molecule has 2 aromatic rings. The fourth-order valence-corrected chi connectivity index (χ4v) is 5.00. The van der Waals surface area contributed by atoms with Crippen LogP contribution in [-0.2, 0) is 5.75 Å². The number of hydrogen-bond acceptors (Lipinski definition) is 5. The van der Waals surface area contributed by atoms with Crippen LogP contribution in [-0.4, -0.2) is 40.5 Å². The van der Waals surface area contributed by atoms with E-state index >= 15 is 0 Å². The van der Waals surface area contributed by atoms with Crippen molar-refractivity contribution >= 4 is 28.4 Å². The van der Waals surface area contributed by atoms with Gasteiger partial charge in [0.2, 0.25) is 0 Å². The second kappa shape index (κ2) is 8.14. The number of hydrogen-bond donors (Lipinski definition) is 3. The molecule has 3 N–H and O–H groups in total. The number of alkyl halides is 1. The molecule has 1 aliphatic heterocycles. The van der Waals surface area contributed by atoms with Crippen LogP contribution >= 0.6 is 11.8 Å². The van der Waals surface area contributed by atoms with E-state index in [9.17, 15) is 13.6 Å². The van der Waals surface area contributed by atoms with Crippen molar-refractivity contribution in [1.29, 1.82) is 0 Å². The van der Waals surface area contributed by atoms with Gasteiger partial charge in [0, 0.05) is 23.5 Å². The number of piperidine rings is 1. The number of rotatable bonds is 5. The molecule has 2 fully saturated rings. The summed E-state index contributed by atoms with van der Waals surface area (Å²) in [5, 5.41) is 6.24. The average molecular weight is 394 g/mol. The first-order valence-corrected chi connectivity index (χ1v) is 10.6. The predicted octanol–water partition coefficient (Wildman–Crippen LogP) is 3.35. The minimum Gasteiger partial charge on any atom is -0.382 e. The number of fused-ring (bicyclic) bond motifs is 1. The molecule has 0 spiro atoms. The Morgan fingerprint density at radius 1 is 1.26 bits per heavy atom. The Morgan fingerprint density at radius 2 is 2.07 bits per heavy atom. The summed E-state index contributed by atoms with van der Waals surface area (Å²) in [5.41, 5.74) is 0.519. The fourth-order valence-electron chi connectivity index (χ4n) is 3.90. The van der Waals surface area contributed by atoms with Crippen LogP contribution in [0.3, 0.4) is 0 Å². The topological polar surface area (TPSA) is 69.8 Å². The van der Waals surface area contributed by atoms with Crippen LogP contribution in [0.2, 0.25) is 0 Å². The van der Waals surface area contributed by atoms with Gasteiger partial charge in [-0.25, -0.2) is 13.8 Å². The second-order valence-electron chi connectivity index (χ2n) is 7.35. The van der Waals surface area contributed by atoms with Gasteiger partial charge in [-0.3, -0.25) is 4.79 Å². The summed E-state index contributed by atoms with van der Waals surface area (Å²) in [7, 11) is 0. The van der Waals surface area contributed by atoms with Crippen molar-refractivity contribution in [2.45, 2.75) is 55.3 Å². The van der Waals surface area contributed by atoms with E-state index < -0.39 is 17.5 Å². The minimum atomic E-state index is -0.907. The summed E-state index contributed by atoms with van der Waals surface area (Å²) in [4.78, 5) is 19.4. The minimum absolute atomic E-state index is 0.0223. The Kier molecular flexibility index (Phi) is 5.63. The van der Waals surface area contributed by atoms with Crippen LogP contribution in [0.25, 0.3) is 10.9 Å². The van der Waals surface area contributed by atoms with Crippen LogP contribution in [0.1, 0.15) is 37.9 Å². The van der Waals surface area contributed by atoms with Crippen molar-refractivity contribution in [3.63, 3.8) is 0 Å². The van der Waals surface area contributed by atoms with E-state index in [1.807, 2.05) is 0 Å². The zero-order chi connectivity index (χ0) is 18.8. The van der Waals surface area contributed by atoms with E-state index in [-0.39, 0.29) is 10.6 Å². The number of aromatic nitrogens is 2. The molecule has 1 aromatic heterocycles. The first-order valence-electron chi connectivity index (χ1n) is 9.55. The Labute approximate surface area is 160 Å². The summed E-state index contributed by atoms with van der Waals surface area (Å²) >= 11 is 1.45. The standard InChI is InChI=1S/C19H24F2N4OS/c20-13-7-12(23-11-3-1-2-4-11)8-15-18(13)19(26)25-17(24-15)10-27-16-5-6-22-9-14(16)21/h7-8,11,14,16,22-23H,1-6,9-10H2,(H,24,25,26)/t14-,16+/m0/s1. The normalized spacial score (nSPS) is 23.8. The van der Waals surface area contributed by atoms with Crippen molar-refractivity contribution < 1.29 is 8.78 Å². The lowest BCUT2D eigenvalue weighted by Gasteiger charge is -2.25. The molecule has 2 atom stereocenters. The number of benzene rings is 1. The number of nitrogens with one attached hydrogen (secondary N) is 3. The van der Waals surface area contributed by atoms with Crippen LogP contribution in [0.15, 0.2) is 16.9 Å². The van der Waals surface area contributed by atoms with E-state index in [0.29, 0.717) is 35.4 Å². The Hall–Kier alpha value is -1.67. The molecule has 27 heavy (non-hydrogen) atoms. The van der Waals surface area contributed by atoms with E-state index in [4.69, 9.17) is 0 Å². The van der Waals surface area contributed by atoms with Crippen molar-refractivity contribution in [2.24, 2.45) is 0 Å². The molecule has 4 rings (SSSR count). The number of H-pyrrole nitrogens is 1. The Bertz CT molecular complexity index is 869. The third kappa shape index (κ3) is 4.27. The molecule has 0 amide bonds. The number of halogens is 2. The van der Waals surface area contributed by atoms with Gasteiger partial charge in [-0.15, -0.1) is 11.8 Å². The van der Waals surface area contributed by atoms with Crippen molar-refractivity contribution in [2.75, 3.05) is 18.4 Å². The van der Waals surface area contributed by atoms with Crippen LogP contribution in [0.5, 0.6) is 0 Å². The van der Waals surface area contributed by atoms with Gasteiger partial charge in [-0.2, -0.15) is 0 Å². The third-order valence-corrected chi connectivity index (χ3v) is 6.72. The molecule has 1 saturated carbocycles. The Balaban J connectivity index is 1.55. The molecule has 0 radical (unpaired) electrons. The smallest absolute Gasteiger partial charge is 0.261 e. The van der Waals surface area contributed by atoms with E-state index in [0.717, 1.165) is 25.8 Å². The fraction of sp³-hybridized carbons (Fsp3) is 0.579. The summed E-state index contributed by atoms with van der Waals surface area (Å²) in [5.74, 6) is 0.293. The van der Waals surface area contributed by atoms with Gasteiger partial charge >= 0.3 is 0 Å². The summed E-state index contributed by atoms with van der Waals surface area (Å²) < 4.78 is 28.4. The van der Waals surface area contributed by atoms with Gasteiger partial charge in [-0.1, -0.05) is 12.8 Å². The van der Waals surface area contributed by atoms with Crippen molar-refractivity contribution in [3.8, 4) is 0 Å². The molecule has 5 nitrogen and oxygen atoms in total. The zero-order valence-corrected chi connectivity index (χ0v) is 15.9. The quantitative estimate of drug-likeness (QED) is 0.726. The molecule has 146 valence electrons. The molecular formula is C19H24F2N4OS. The maximum atomic E-state index is 14.5. The van der Waals surface area contributed by atoms with Gasteiger partial charge < -0.3 is 15.6 Å². The molecule has 1 saturated heterocycles. The van der Waals surface area contributed by atoms with Crippen LogP contribution in [0.4, 0.5) is 14.5 Å². The zero-order valence-electron chi connectivity index (χ0n) is 15.1. The highest BCUT2D eigenvalue weighted by atomic mass is 32.2. The van der Waals surface area contributed by atoms with E-state index in [1.165, 1.54) is 30.7 Å². The van der Waals surface area contributed by atoms with Gasteiger partial charge in [0.15, 0.2) is 0 Å². The summed E-state index contributed by atoms with van der Waals surface area (Å²) in [6, 6.07) is 3.46. The van der Waals surface area contributed by atoms with Crippen molar-refractivity contribution in [1.82, 2.24) is 15.3 Å². The first-order chi connectivity index (χ1) is 13.1. The Morgan fingerprint density at radius 3 is 2.85 bits per heavy atom. The highest BCUT2D eigenvalue weighted by Crippen LogP contribution is 2.27. The molecule has 0 bridgehead atoms. The SMILES string of the molecule is O=c1[nH]c(CS[C@@H]2CCNC[C@@H]2F)nc2cc(NC3CCCC3)cc(F)c12. The number of anilines is 1. The average Bonchev–Trinajstić information content (AvgIpc) is 3.13. The lowest BCUT2D eigenvalue weighted by Crippen LogP contribution is -2.39. The number of aromatic amines is 1. The third-order valence-electron chi connectivity index (χ3n) is 5.32. The van der Waals surface area contributed by atoms with E-state index in [2.05, 4.69) is 20.6 Å². The largest absolute Gasteiger partial charge is 0.382 e. The predicted molar refractivity (Wildman–Crippen MR) is 106 cm³/mol. The monoisotopic (exact) mass is 394 g/mol. The summed E-state index contributed by atoms with van der Waals surface area (Å²) in [6.07, 6.45) is 4.35. The van der Waals surface area contributed by atoms with Crippen LogP contribution < -0.4 is 16.2 Å². The maximum Gasteiger partial charge on any atom is 0.261 e. The number of nitrogens with zero attached hydrogens (tertiary/aromatic N) is 1. The molecule has 2 heterocycles. The first kappa shape index (κ1) is 18.7. The molecule has 0 unspecified atom stereocenters. The molecule has 1 aromatic carbocycles. The van der Waals surface area contributed by atoms with Gasteiger partial charge in [-0.05, 0) is 37.9 Å². The highest BCUT2D eigenvalue weighted by Gasteiger charge is 2.25. The maximum absolute atomic E-state index is 14.5. The van der Waals surface area contributed by atoms with Gasteiger partial charge in [0.25, 0.3) is 5.56 Å². The number of thioether (sulfide) groups is 1. The van der Waals surface area contributed by atoms with Crippen LogP contribution in [0, 0.1) is 5.82 Å². The summed E-state index contributed by atoms with van der Waals surface area (Å²) in [6.45, 7) is 1.15. The molecule has 1 aliphatic carbocycles. The lowest BCUT2D eigenvalue weighted by molar-refractivity contribution is 0.275. The molecular weight excluding hydrogens is 370 g/mol. The lowest BCUT2D eigenvalue weighted by atomic mass is 10.1. The van der Waals surface area contributed by atoms with Gasteiger partial charge in [0.05, 0.1) is 11.3 Å². The van der Waals surface area contributed by atoms with Crippen molar-refractivity contribution in [3.05, 3.63) is 34.1 Å². The molecule has 2 aliphatic rings. The van der Waals surface area contributed by atoms with Gasteiger partial charge in [0.1, 0.15) is 23.2 Å². The molecule has 8 heteroatoms. The van der Waals surface area contributed by atoms with E-state index in [1.54, 1.807) is 6.07 Å². The highest BCUT2D eigenvalue weighted by molar-refractivity contribution is 7.99. The second-order valence-corrected chi connectivity index (χ2v) is 8.58.